The maximum absolute atomic E-state index is 6.10. The van der Waals surface area contributed by atoms with Crippen molar-refractivity contribution in [3.8, 4) is 5.88 Å². The van der Waals surface area contributed by atoms with Gasteiger partial charge in [-0.05, 0) is 25.8 Å². The van der Waals surface area contributed by atoms with Crippen molar-refractivity contribution in [2.24, 2.45) is 5.73 Å². The molecule has 4 heteroatoms. The third-order valence-corrected chi connectivity index (χ3v) is 3.17. The summed E-state index contributed by atoms with van der Waals surface area (Å²) in [7, 11) is 0. The Hall–Kier alpha value is -1.29. The third kappa shape index (κ3) is 3.33. The number of pyridine rings is 1. The lowest BCUT2D eigenvalue weighted by atomic mass is 9.91. The van der Waals surface area contributed by atoms with E-state index in [4.69, 9.17) is 10.5 Å². The highest BCUT2D eigenvalue weighted by Gasteiger charge is 2.21. The van der Waals surface area contributed by atoms with Crippen LogP contribution in [-0.2, 0) is 0 Å². The lowest BCUT2D eigenvalue weighted by molar-refractivity contribution is 0.327. The van der Waals surface area contributed by atoms with E-state index in [1.54, 1.807) is 0 Å². The van der Waals surface area contributed by atoms with E-state index in [-0.39, 0.29) is 6.04 Å². The molecule has 4 nitrogen and oxygen atoms in total. The van der Waals surface area contributed by atoms with E-state index in [0.717, 1.165) is 18.7 Å². The van der Waals surface area contributed by atoms with Gasteiger partial charge >= 0.3 is 0 Å². The lowest BCUT2D eigenvalue weighted by Crippen LogP contribution is -2.42. The smallest absolute Gasteiger partial charge is 0.215 e. The standard InChI is InChI=1S/C13H21N3O/c1-2-17-13-9-5-8-12(16-13)15-11-7-4-3-6-10(11)14/h5,8-11H,2-4,6-7,14H2,1H3,(H,15,16)/t10-,11-/m1/s1. The molecule has 0 aliphatic heterocycles. The molecule has 0 aromatic carbocycles. The number of nitrogens with zero attached hydrogens (tertiary/aromatic N) is 1. The summed E-state index contributed by atoms with van der Waals surface area (Å²) in [5.74, 6) is 1.53. The zero-order chi connectivity index (χ0) is 12.1. The first-order valence-corrected chi connectivity index (χ1v) is 6.41. The largest absolute Gasteiger partial charge is 0.478 e. The Morgan fingerprint density at radius 1 is 1.41 bits per heavy atom. The van der Waals surface area contributed by atoms with Crippen LogP contribution in [0.5, 0.6) is 5.88 Å². The second-order valence-corrected chi connectivity index (χ2v) is 4.49. The van der Waals surface area contributed by atoms with Crippen LogP contribution < -0.4 is 15.8 Å². The molecule has 0 bridgehead atoms. The monoisotopic (exact) mass is 235 g/mol. The van der Waals surface area contributed by atoms with Crippen molar-refractivity contribution in [1.29, 1.82) is 0 Å². The number of nitrogens with one attached hydrogen (secondary N) is 1. The van der Waals surface area contributed by atoms with Crippen LogP contribution in [0.15, 0.2) is 18.2 Å². The van der Waals surface area contributed by atoms with Gasteiger partial charge in [-0.1, -0.05) is 18.9 Å². The van der Waals surface area contributed by atoms with Crippen molar-refractivity contribution in [1.82, 2.24) is 4.98 Å². The predicted octanol–water partition coefficient (Wildman–Crippen LogP) is 2.16. The van der Waals surface area contributed by atoms with Crippen molar-refractivity contribution in [2.75, 3.05) is 11.9 Å². The first-order chi connectivity index (χ1) is 8.29. The van der Waals surface area contributed by atoms with Gasteiger partial charge in [0.1, 0.15) is 5.82 Å². The van der Waals surface area contributed by atoms with Gasteiger partial charge in [0, 0.05) is 18.2 Å². The SMILES string of the molecule is CCOc1cccc(N[C@@H]2CCCC[C@H]2N)n1. The van der Waals surface area contributed by atoms with Gasteiger partial charge < -0.3 is 15.8 Å². The topological polar surface area (TPSA) is 60.2 Å². The van der Waals surface area contributed by atoms with Crippen LogP contribution >= 0.6 is 0 Å². The van der Waals surface area contributed by atoms with Crippen molar-refractivity contribution in [2.45, 2.75) is 44.7 Å². The summed E-state index contributed by atoms with van der Waals surface area (Å²) in [4.78, 5) is 4.40. The van der Waals surface area contributed by atoms with E-state index in [2.05, 4.69) is 10.3 Å². The fourth-order valence-electron chi connectivity index (χ4n) is 2.25. The molecule has 0 radical (unpaired) electrons. The summed E-state index contributed by atoms with van der Waals surface area (Å²) < 4.78 is 5.38. The third-order valence-electron chi connectivity index (χ3n) is 3.17. The number of ether oxygens (including phenoxy) is 1. The Bertz CT molecular complexity index is 356. The number of aromatic nitrogens is 1. The Labute approximate surface area is 103 Å². The van der Waals surface area contributed by atoms with Gasteiger partial charge in [0.15, 0.2) is 0 Å². The maximum atomic E-state index is 6.10. The van der Waals surface area contributed by atoms with Gasteiger partial charge in [-0.15, -0.1) is 0 Å². The molecule has 0 saturated heterocycles. The Morgan fingerprint density at radius 3 is 3.00 bits per heavy atom. The molecule has 1 aromatic heterocycles. The minimum absolute atomic E-state index is 0.237. The summed E-state index contributed by atoms with van der Waals surface area (Å²) in [6.07, 6.45) is 4.72. The predicted molar refractivity (Wildman–Crippen MR) is 69.3 cm³/mol. The fourth-order valence-corrected chi connectivity index (χ4v) is 2.25. The number of hydrogen-bond donors (Lipinski definition) is 2. The zero-order valence-corrected chi connectivity index (χ0v) is 10.4. The summed E-state index contributed by atoms with van der Waals surface area (Å²) in [5, 5.41) is 3.41. The van der Waals surface area contributed by atoms with Crippen molar-refractivity contribution in [3.05, 3.63) is 18.2 Å². The molecule has 94 valence electrons. The zero-order valence-electron chi connectivity index (χ0n) is 10.4. The van der Waals surface area contributed by atoms with Crippen LogP contribution in [0.2, 0.25) is 0 Å². The summed E-state index contributed by atoms with van der Waals surface area (Å²) >= 11 is 0. The van der Waals surface area contributed by atoms with Crippen LogP contribution in [0, 0.1) is 0 Å². The highest BCUT2D eigenvalue weighted by Crippen LogP contribution is 2.21. The molecular weight excluding hydrogens is 214 g/mol. The minimum Gasteiger partial charge on any atom is -0.478 e. The van der Waals surface area contributed by atoms with E-state index in [0.29, 0.717) is 18.5 Å². The second-order valence-electron chi connectivity index (χ2n) is 4.49. The van der Waals surface area contributed by atoms with Gasteiger partial charge in [0.05, 0.1) is 6.61 Å². The molecular formula is C13H21N3O. The number of hydrogen-bond acceptors (Lipinski definition) is 4. The molecule has 1 heterocycles. The molecule has 2 rings (SSSR count). The highest BCUT2D eigenvalue weighted by atomic mass is 16.5. The Morgan fingerprint density at radius 2 is 2.24 bits per heavy atom. The molecule has 3 N–H and O–H groups in total. The van der Waals surface area contributed by atoms with E-state index >= 15 is 0 Å². The maximum Gasteiger partial charge on any atom is 0.215 e. The van der Waals surface area contributed by atoms with Crippen molar-refractivity contribution < 1.29 is 4.74 Å². The average Bonchev–Trinajstić information content (AvgIpc) is 2.33. The first kappa shape index (κ1) is 12.2. The average molecular weight is 235 g/mol. The van der Waals surface area contributed by atoms with Gasteiger partial charge in [0.25, 0.3) is 0 Å². The minimum atomic E-state index is 0.237. The van der Waals surface area contributed by atoms with Crippen molar-refractivity contribution in [3.63, 3.8) is 0 Å². The van der Waals surface area contributed by atoms with Gasteiger partial charge in [-0.2, -0.15) is 4.98 Å². The van der Waals surface area contributed by atoms with Crippen LogP contribution in [0.25, 0.3) is 0 Å². The van der Waals surface area contributed by atoms with E-state index in [9.17, 15) is 0 Å². The van der Waals surface area contributed by atoms with Gasteiger partial charge in [0.2, 0.25) is 5.88 Å². The van der Waals surface area contributed by atoms with Crippen LogP contribution in [0.4, 0.5) is 5.82 Å². The molecule has 0 spiro atoms. The summed E-state index contributed by atoms with van der Waals surface area (Å²) in [5.41, 5.74) is 6.10. The molecule has 0 unspecified atom stereocenters. The molecule has 17 heavy (non-hydrogen) atoms. The molecule has 1 fully saturated rings. The molecule has 1 aromatic rings. The lowest BCUT2D eigenvalue weighted by Gasteiger charge is -2.29. The summed E-state index contributed by atoms with van der Waals surface area (Å²) in [6.45, 7) is 2.60. The number of nitrogens with two attached hydrogens (primary N) is 1. The van der Waals surface area contributed by atoms with Crippen LogP contribution in [0.3, 0.4) is 0 Å². The Balaban J connectivity index is 1.99. The van der Waals surface area contributed by atoms with Crippen molar-refractivity contribution >= 4 is 5.82 Å². The van der Waals surface area contributed by atoms with Crippen LogP contribution in [0.1, 0.15) is 32.6 Å². The highest BCUT2D eigenvalue weighted by molar-refractivity contribution is 5.38. The van der Waals surface area contributed by atoms with Gasteiger partial charge in [-0.3, -0.25) is 0 Å². The van der Waals surface area contributed by atoms with Gasteiger partial charge in [-0.25, -0.2) is 0 Å². The quantitative estimate of drug-likeness (QED) is 0.839. The molecule has 1 aliphatic rings. The molecule has 0 amide bonds. The molecule has 1 aliphatic carbocycles. The first-order valence-electron chi connectivity index (χ1n) is 6.41. The molecule has 1 saturated carbocycles. The Kier molecular flexibility index (Phi) is 4.20. The van der Waals surface area contributed by atoms with E-state index in [1.807, 2.05) is 25.1 Å². The van der Waals surface area contributed by atoms with E-state index in [1.165, 1.54) is 12.8 Å². The second kappa shape index (κ2) is 5.87. The normalized spacial score (nSPS) is 24.4. The number of rotatable bonds is 4. The number of anilines is 1. The van der Waals surface area contributed by atoms with Crippen LogP contribution in [-0.4, -0.2) is 23.7 Å². The fraction of sp³-hybridized carbons (Fsp3) is 0.615. The molecule has 2 atom stereocenters. The summed E-state index contributed by atoms with van der Waals surface area (Å²) in [6, 6.07) is 6.36. The van der Waals surface area contributed by atoms with E-state index < -0.39 is 0 Å².